The number of fused-ring (bicyclic) bond motifs is 2. The van der Waals surface area contributed by atoms with E-state index in [1.165, 1.54) is 16.7 Å². The zero-order valence-electron chi connectivity index (χ0n) is 18.2. The Balaban J connectivity index is 1.59. The van der Waals surface area contributed by atoms with Crippen LogP contribution in [0.1, 0.15) is 37.5 Å². The maximum atomic E-state index is 12.6. The molecule has 0 atom stereocenters. The van der Waals surface area contributed by atoms with Crippen LogP contribution in [0.3, 0.4) is 0 Å². The van der Waals surface area contributed by atoms with Gasteiger partial charge in [0.2, 0.25) is 0 Å². The first kappa shape index (κ1) is 22.3. The van der Waals surface area contributed by atoms with Crippen LogP contribution in [-0.2, 0) is 24.1 Å². The van der Waals surface area contributed by atoms with Gasteiger partial charge in [-0.05, 0) is 84.4 Å². The van der Waals surface area contributed by atoms with Crippen LogP contribution in [0, 0.1) is 0 Å². The van der Waals surface area contributed by atoms with E-state index in [-0.39, 0.29) is 6.09 Å². The van der Waals surface area contributed by atoms with Crippen molar-refractivity contribution in [3.63, 3.8) is 0 Å². The summed E-state index contributed by atoms with van der Waals surface area (Å²) < 4.78 is 12.7. The summed E-state index contributed by atoms with van der Waals surface area (Å²) in [7, 11) is 0. The molecule has 4 rings (SSSR count). The van der Waals surface area contributed by atoms with E-state index in [1.54, 1.807) is 4.90 Å². The van der Waals surface area contributed by atoms with Gasteiger partial charge in [0, 0.05) is 29.1 Å². The molecule has 0 spiro atoms. The van der Waals surface area contributed by atoms with Crippen LogP contribution in [0.25, 0.3) is 0 Å². The molecule has 1 amide bonds. The monoisotopic (exact) mass is 506 g/mol. The average molecular weight is 508 g/mol. The van der Waals surface area contributed by atoms with Gasteiger partial charge in [-0.25, -0.2) is 4.79 Å². The number of nitrogens with zero attached hydrogens (tertiary/aromatic N) is 2. The van der Waals surface area contributed by atoms with Crippen molar-refractivity contribution in [3.8, 4) is 5.75 Å². The lowest BCUT2D eigenvalue weighted by Gasteiger charge is -2.33. The first-order valence-electron chi connectivity index (χ1n) is 10.7. The van der Waals surface area contributed by atoms with Crippen LogP contribution >= 0.6 is 27.5 Å². The molecular weight excluding hydrogens is 480 g/mol. The van der Waals surface area contributed by atoms with Crippen molar-refractivity contribution in [2.24, 2.45) is 0 Å². The third-order valence-electron chi connectivity index (χ3n) is 5.53. The van der Waals surface area contributed by atoms with Crippen LogP contribution in [-0.4, -0.2) is 42.8 Å². The Kier molecular flexibility index (Phi) is 6.40. The van der Waals surface area contributed by atoms with Gasteiger partial charge in [-0.2, -0.15) is 0 Å². The van der Waals surface area contributed by atoms with Crippen LogP contribution in [0.5, 0.6) is 5.75 Å². The van der Waals surface area contributed by atoms with Gasteiger partial charge in [0.15, 0.2) is 0 Å². The van der Waals surface area contributed by atoms with Crippen molar-refractivity contribution >= 4 is 39.3 Å². The molecule has 2 aliphatic rings. The van der Waals surface area contributed by atoms with Crippen LogP contribution < -0.4 is 9.64 Å². The molecule has 0 unspecified atom stereocenters. The third kappa shape index (κ3) is 5.12. The summed E-state index contributed by atoms with van der Waals surface area (Å²) in [6.45, 7) is 9.17. The summed E-state index contributed by atoms with van der Waals surface area (Å²) in [6, 6.07) is 10.1. The Morgan fingerprint density at radius 2 is 1.97 bits per heavy atom. The highest BCUT2D eigenvalue weighted by Crippen LogP contribution is 2.44. The Bertz CT molecular complexity index is 990. The number of hydrogen-bond acceptors (Lipinski definition) is 4. The molecule has 0 N–H and O–H groups in total. The molecule has 166 valence electrons. The Hall–Kier alpha value is -1.92. The van der Waals surface area contributed by atoms with Crippen molar-refractivity contribution in [1.82, 2.24) is 4.90 Å². The highest BCUT2D eigenvalue weighted by atomic mass is 79.9. The normalized spacial score (nSPS) is 16.2. The van der Waals surface area contributed by atoms with E-state index in [1.807, 2.05) is 39.0 Å². The maximum Gasteiger partial charge on any atom is 0.410 e. The summed E-state index contributed by atoms with van der Waals surface area (Å²) in [5, 5.41) is 0.745. The van der Waals surface area contributed by atoms with Gasteiger partial charge in [0.1, 0.15) is 18.0 Å². The smallest absolute Gasteiger partial charge is 0.410 e. The first-order valence-corrected chi connectivity index (χ1v) is 11.8. The molecule has 2 aliphatic heterocycles. The van der Waals surface area contributed by atoms with Crippen molar-refractivity contribution < 1.29 is 14.3 Å². The van der Waals surface area contributed by atoms with Gasteiger partial charge in [-0.15, -0.1) is 0 Å². The summed E-state index contributed by atoms with van der Waals surface area (Å²) in [4.78, 5) is 16.7. The molecule has 2 aromatic carbocycles. The van der Waals surface area contributed by atoms with E-state index in [4.69, 9.17) is 21.1 Å². The van der Waals surface area contributed by atoms with Crippen molar-refractivity contribution in [3.05, 3.63) is 56.5 Å². The lowest BCUT2D eigenvalue weighted by molar-refractivity contribution is 0.0258. The van der Waals surface area contributed by atoms with E-state index >= 15 is 0 Å². The summed E-state index contributed by atoms with van der Waals surface area (Å²) >= 11 is 10.1. The molecule has 2 aromatic rings. The van der Waals surface area contributed by atoms with Crippen molar-refractivity contribution in [1.29, 1.82) is 0 Å². The fourth-order valence-corrected chi connectivity index (χ4v) is 5.23. The molecule has 0 saturated carbocycles. The zero-order valence-corrected chi connectivity index (χ0v) is 20.6. The van der Waals surface area contributed by atoms with Crippen molar-refractivity contribution in [2.45, 2.75) is 45.8 Å². The minimum atomic E-state index is -0.495. The van der Waals surface area contributed by atoms with Gasteiger partial charge >= 0.3 is 6.09 Å². The molecule has 0 saturated heterocycles. The lowest BCUT2D eigenvalue weighted by atomic mass is 10.00. The topological polar surface area (TPSA) is 42.0 Å². The quantitative estimate of drug-likeness (QED) is 0.512. The molecule has 0 fully saturated rings. The third-order valence-corrected chi connectivity index (χ3v) is 6.62. The standard InChI is InChI=1S/C24H28BrClN2O3/c1-24(2,3)31-23(29)27-9-7-17-14-20-22(21(25)19(17)8-10-27)28(11-12-30-20)15-16-5-4-6-18(26)13-16/h4-6,13-14H,7-12,15H2,1-3H3. The average Bonchev–Trinajstić information content (AvgIpc) is 2.90. The molecule has 0 aromatic heterocycles. The Morgan fingerprint density at radius 1 is 1.19 bits per heavy atom. The van der Waals surface area contributed by atoms with Crippen LogP contribution in [0.15, 0.2) is 34.8 Å². The number of halogens is 2. The van der Waals surface area contributed by atoms with Gasteiger partial charge in [0.25, 0.3) is 0 Å². The van der Waals surface area contributed by atoms with Gasteiger partial charge in [-0.3, -0.25) is 0 Å². The lowest BCUT2D eigenvalue weighted by Crippen LogP contribution is -2.38. The van der Waals surface area contributed by atoms with E-state index in [2.05, 4.69) is 33.0 Å². The van der Waals surface area contributed by atoms with E-state index in [9.17, 15) is 4.79 Å². The molecule has 2 heterocycles. The van der Waals surface area contributed by atoms with Gasteiger partial charge < -0.3 is 19.3 Å². The Morgan fingerprint density at radius 3 is 2.71 bits per heavy atom. The Labute approximate surface area is 197 Å². The fraction of sp³-hybridized carbons (Fsp3) is 0.458. The van der Waals surface area contributed by atoms with Crippen molar-refractivity contribution in [2.75, 3.05) is 31.1 Å². The highest BCUT2D eigenvalue weighted by Gasteiger charge is 2.29. The van der Waals surface area contributed by atoms with Gasteiger partial charge in [0.05, 0.1) is 12.2 Å². The minimum absolute atomic E-state index is 0.250. The predicted molar refractivity (Wildman–Crippen MR) is 127 cm³/mol. The van der Waals surface area contributed by atoms with E-state index in [0.717, 1.165) is 46.9 Å². The largest absolute Gasteiger partial charge is 0.490 e. The first-order chi connectivity index (χ1) is 14.7. The van der Waals surface area contributed by atoms with E-state index < -0.39 is 5.60 Å². The molecule has 7 heteroatoms. The molecular formula is C24H28BrClN2O3. The fourth-order valence-electron chi connectivity index (χ4n) is 4.12. The van der Waals surface area contributed by atoms with E-state index in [0.29, 0.717) is 19.7 Å². The highest BCUT2D eigenvalue weighted by molar-refractivity contribution is 9.10. The number of carbonyl (C=O) groups excluding carboxylic acids is 1. The maximum absolute atomic E-state index is 12.6. The molecule has 31 heavy (non-hydrogen) atoms. The second kappa shape index (κ2) is 8.91. The summed E-state index contributed by atoms with van der Waals surface area (Å²) in [5.74, 6) is 0.893. The molecule has 0 aliphatic carbocycles. The van der Waals surface area contributed by atoms with Gasteiger partial charge in [-0.1, -0.05) is 23.7 Å². The predicted octanol–water partition coefficient (Wildman–Crippen LogP) is 5.84. The zero-order chi connectivity index (χ0) is 22.2. The minimum Gasteiger partial charge on any atom is -0.490 e. The number of amides is 1. The second-order valence-electron chi connectivity index (χ2n) is 9.04. The molecule has 5 nitrogen and oxygen atoms in total. The van der Waals surface area contributed by atoms with Crippen LogP contribution in [0.4, 0.5) is 10.5 Å². The molecule has 0 radical (unpaired) electrons. The molecule has 0 bridgehead atoms. The number of carbonyl (C=O) groups is 1. The number of anilines is 1. The summed E-state index contributed by atoms with van der Waals surface area (Å²) in [5.41, 5.74) is 4.21. The van der Waals surface area contributed by atoms with Crippen LogP contribution in [0.2, 0.25) is 5.02 Å². The SMILES string of the molecule is CC(C)(C)OC(=O)N1CCc2cc3c(c(Br)c2CC1)N(Cc1cccc(Cl)c1)CCO3. The number of hydrogen-bond donors (Lipinski definition) is 0. The number of benzene rings is 2. The summed E-state index contributed by atoms with van der Waals surface area (Å²) in [6.07, 6.45) is 1.30. The number of rotatable bonds is 2. The second-order valence-corrected chi connectivity index (χ2v) is 10.3. The number of ether oxygens (including phenoxy) is 2.